The summed E-state index contributed by atoms with van der Waals surface area (Å²) in [4.78, 5) is 27.3. The van der Waals surface area contributed by atoms with Crippen molar-refractivity contribution in [3.05, 3.63) is 23.8 Å². The van der Waals surface area contributed by atoms with Gasteiger partial charge in [-0.15, -0.1) is 0 Å². The molecule has 1 atom stereocenters. The van der Waals surface area contributed by atoms with Crippen molar-refractivity contribution in [3.8, 4) is 0 Å². The number of carbonyl (C=O) groups excluding carboxylic acids is 2. The zero-order valence-electron chi connectivity index (χ0n) is 7.90. The SMILES string of the molecule is CC(Br)c1cc(N=C=O)cc(N=C=O)c1. The minimum absolute atomic E-state index is 0.0832. The molecule has 1 aromatic carbocycles. The van der Waals surface area contributed by atoms with Gasteiger partial charge in [0.25, 0.3) is 0 Å². The highest BCUT2D eigenvalue weighted by atomic mass is 79.9. The lowest BCUT2D eigenvalue weighted by atomic mass is 10.1. The summed E-state index contributed by atoms with van der Waals surface area (Å²) in [6.07, 6.45) is 2.88. The molecular formula is C10H7BrN2O2. The Morgan fingerprint density at radius 3 is 1.93 bits per heavy atom. The number of aliphatic imine (C=N–C) groups is 2. The van der Waals surface area contributed by atoms with Crippen LogP contribution in [-0.2, 0) is 9.59 Å². The maximum atomic E-state index is 10.1. The Morgan fingerprint density at radius 2 is 1.60 bits per heavy atom. The van der Waals surface area contributed by atoms with Crippen molar-refractivity contribution in [3.63, 3.8) is 0 Å². The molecule has 0 saturated heterocycles. The van der Waals surface area contributed by atoms with Crippen molar-refractivity contribution in [1.29, 1.82) is 0 Å². The first-order chi connectivity index (χ1) is 7.17. The van der Waals surface area contributed by atoms with E-state index in [1.807, 2.05) is 6.92 Å². The molecule has 0 aliphatic heterocycles. The molecule has 1 aromatic rings. The second kappa shape index (κ2) is 5.37. The van der Waals surface area contributed by atoms with E-state index < -0.39 is 0 Å². The molecule has 0 aliphatic rings. The number of isocyanates is 2. The number of nitrogens with zero attached hydrogens (tertiary/aromatic N) is 2. The van der Waals surface area contributed by atoms with E-state index in [-0.39, 0.29) is 4.83 Å². The van der Waals surface area contributed by atoms with Crippen molar-refractivity contribution in [2.45, 2.75) is 11.8 Å². The van der Waals surface area contributed by atoms with E-state index in [0.717, 1.165) is 5.56 Å². The number of hydrogen-bond donors (Lipinski definition) is 0. The number of hydrogen-bond acceptors (Lipinski definition) is 4. The molecule has 1 rings (SSSR count). The molecule has 0 radical (unpaired) electrons. The minimum atomic E-state index is 0.0832. The van der Waals surface area contributed by atoms with Crippen molar-refractivity contribution in [2.75, 3.05) is 0 Å². The van der Waals surface area contributed by atoms with Crippen LogP contribution in [0.3, 0.4) is 0 Å². The van der Waals surface area contributed by atoms with Gasteiger partial charge in [0.15, 0.2) is 0 Å². The van der Waals surface area contributed by atoms with Gasteiger partial charge in [-0.05, 0) is 30.7 Å². The second-order valence-corrected chi connectivity index (χ2v) is 4.18. The van der Waals surface area contributed by atoms with Crippen LogP contribution >= 0.6 is 15.9 Å². The second-order valence-electron chi connectivity index (χ2n) is 2.80. The van der Waals surface area contributed by atoms with E-state index in [1.165, 1.54) is 18.2 Å². The summed E-state index contributed by atoms with van der Waals surface area (Å²) < 4.78 is 0. The van der Waals surface area contributed by atoms with Gasteiger partial charge >= 0.3 is 0 Å². The number of halogens is 1. The molecule has 4 nitrogen and oxygen atoms in total. The third-order valence-corrected chi connectivity index (χ3v) is 2.26. The Balaban J connectivity index is 3.31. The molecule has 0 fully saturated rings. The van der Waals surface area contributed by atoms with Gasteiger partial charge in [-0.1, -0.05) is 15.9 Å². The zero-order valence-corrected chi connectivity index (χ0v) is 9.48. The Labute approximate surface area is 94.9 Å². The molecule has 0 aromatic heterocycles. The standard InChI is InChI=1S/C10H7BrN2O2/c1-7(11)8-2-9(12-5-14)4-10(3-8)13-6-15/h2-4,7H,1H3. The third-order valence-electron chi connectivity index (χ3n) is 1.73. The molecule has 76 valence electrons. The van der Waals surface area contributed by atoms with Gasteiger partial charge in [-0.25, -0.2) is 9.59 Å². The summed E-state index contributed by atoms with van der Waals surface area (Å²) in [5, 5.41) is 0. The predicted octanol–water partition coefficient (Wildman–Crippen LogP) is 3.08. The van der Waals surface area contributed by atoms with E-state index in [0.29, 0.717) is 11.4 Å². The van der Waals surface area contributed by atoms with E-state index in [1.54, 1.807) is 12.1 Å². The van der Waals surface area contributed by atoms with Gasteiger partial charge in [-0.3, -0.25) is 0 Å². The number of rotatable bonds is 3. The summed E-state index contributed by atoms with van der Waals surface area (Å²) >= 11 is 3.37. The van der Waals surface area contributed by atoms with Gasteiger partial charge in [-0.2, -0.15) is 9.98 Å². The number of benzene rings is 1. The largest absolute Gasteiger partial charge is 0.240 e. The Hall–Kier alpha value is -1.54. The van der Waals surface area contributed by atoms with E-state index in [2.05, 4.69) is 25.9 Å². The highest BCUT2D eigenvalue weighted by Crippen LogP contribution is 2.30. The van der Waals surface area contributed by atoms with Gasteiger partial charge in [0.1, 0.15) is 0 Å². The van der Waals surface area contributed by atoms with Crippen molar-refractivity contribution < 1.29 is 9.59 Å². The van der Waals surface area contributed by atoms with Gasteiger partial charge in [0.2, 0.25) is 12.2 Å². The average molecular weight is 267 g/mol. The predicted molar refractivity (Wildman–Crippen MR) is 59.3 cm³/mol. The van der Waals surface area contributed by atoms with Crippen LogP contribution in [0.1, 0.15) is 17.3 Å². The van der Waals surface area contributed by atoms with Crippen LogP contribution in [0.2, 0.25) is 0 Å². The first-order valence-corrected chi connectivity index (χ1v) is 5.03. The minimum Gasteiger partial charge on any atom is -0.211 e. The van der Waals surface area contributed by atoms with E-state index >= 15 is 0 Å². The summed E-state index contributed by atoms with van der Waals surface area (Å²) in [5.74, 6) is 0. The van der Waals surface area contributed by atoms with Crippen LogP contribution in [0.4, 0.5) is 11.4 Å². The Morgan fingerprint density at radius 1 is 1.13 bits per heavy atom. The topological polar surface area (TPSA) is 58.9 Å². The molecule has 0 aliphatic carbocycles. The highest BCUT2D eigenvalue weighted by molar-refractivity contribution is 9.09. The fraction of sp³-hybridized carbons (Fsp3) is 0.200. The molecule has 1 unspecified atom stereocenters. The molecule has 5 heteroatoms. The monoisotopic (exact) mass is 266 g/mol. The molecular weight excluding hydrogens is 260 g/mol. The summed E-state index contributed by atoms with van der Waals surface area (Å²) in [6.45, 7) is 1.91. The number of alkyl halides is 1. The Kier molecular flexibility index (Phi) is 4.13. The maximum absolute atomic E-state index is 10.1. The van der Waals surface area contributed by atoms with Crippen molar-refractivity contribution in [1.82, 2.24) is 0 Å². The highest BCUT2D eigenvalue weighted by Gasteiger charge is 2.04. The first-order valence-electron chi connectivity index (χ1n) is 4.12. The molecule has 0 spiro atoms. The van der Waals surface area contributed by atoms with Crippen LogP contribution in [0.15, 0.2) is 28.2 Å². The fourth-order valence-corrected chi connectivity index (χ4v) is 1.35. The summed E-state index contributed by atoms with van der Waals surface area (Å²) in [7, 11) is 0. The van der Waals surface area contributed by atoms with Crippen LogP contribution in [-0.4, -0.2) is 12.2 Å². The molecule has 15 heavy (non-hydrogen) atoms. The van der Waals surface area contributed by atoms with Gasteiger partial charge in [0, 0.05) is 4.83 Å². The lowest BCUT2D eigenvalue weighted by Gasteiger charge is -2.04. The maximum Gasteiger partial charge on any atom is 0.240 e. The van der Waals surface area contributed by atoms with E-state index in [4.69, 9.17) is 0 Å². The average Bonchev–Trinajstić information content (AvgIpc) is 2.18. The molecule has 0 amide bonds. The third kappa shape index (κ3) is 3.26. The molecule has 0 saturated carbocycles. The molecule has 0 heterocycles. The first kappa shape index (κ1) is 11.5. The van der Waals surface area contributed by atoms with Crippen LogP contribution < -0.4 is 0 Å². The zero-order chi connectivity index (χ0) is 11.3. The lowest BCUT2D eigenvalue weighted by molar-refractivity contribution is 0.565. The smallest absolute Gasteiger partial charge is 0.211 e. The van der Waals surface area contributed by atoms with Crippen LogP contribution in [0.5, 0.6) is 0 Å². The van der Waals surface area contributed by atoms with Crippen LogP contribution in [0, 0.1) is 0 Å². The van der Waals surface area contributed by atoms with Crippen molar-refractivity contribution in [2.24, 2.45) is 9.98 Å². The lowest BCUT2D eigenvalue weighted by Crippen LogP contribution is -1.82. The normalized spacial score (nSPS) is 11.1. The quantitative estimate of drug-likeness (QED) is 0.480. The molecule has 0 bridgehead atoms. The van der Waals surface area contributed by atoms with Gasteiger partial charge < -0.3 is 0 Å². The van der Waals surface area contributed by atoms with Crippen molar-refractivity contribution >= 4 is 39.5 Å². The fourth-order valence-electron chi connectivity index (χ4n) is 1.08. The molecule has 0 N–H and O–H groups in total. The van der Waals surface area contributed by atoms with E-state index in [9.17, 15) is 9.59 Å². The summed E-state index contributed by atoms with van der Waals surface area (Å²) in [5.41, 5.74) is 1.71. The summed E-state index contributed by atoms with van der Waals surface area (Å²) in [6, 6.07) is 4.94. The Bertz CT molecular complexity index is 422. The van der Waals surface area contributed by atoms with Gasteiger partial charge in [0.05, 0.1) is 11.4 Å². The van der Waals surface area contributed by atoms with Crippen LogP contribution in [0.25, 0.3) is 0 Å².